The van der Waals surface area contributed by atoms with Gasteiger partial charge in [0.1, 0.15) is 17.3 Å². The lowest BCUT2D eigenvalue weighted by molar-refractivity contribution is -0.139. The molecule has 10 nitrogen and oxygen atoms in total. The van der Waals surface area contributed by atoms with Crippen molar-refractivity contribution in [2.75, 3.05) is 7.11 Å². The molecule has 2 amide bonds. The predicted octanol–water partition coefficient (Wildman–Crippen LogP) is 4.10. The molecule has 12 heteroatoms. The van der Waals surface area contributed by atoms with Gasteiger partial charge in [0.05, 0.1) is 24.8 Å². The first-order valence-corrected chi connectivity index (χ1v) is 14.2. The Kier molecular flexibility index (Phi) is 9.91. The van der Waals surface area contributed by atoms with Gasteiger partial charge in [0.15, 0.2) is 0 Å². The van der Waals surface area contributed by atoms with Crippen LogP contribution in [0.4, 0.5) is 0 Å². The Morgan fingerprint density at radius 2 is 1.59 bits per heavy atom. The van der Waals surface area contributed by atoms with Crippen LogP contribution >= 0.6 is 11.6 Å². The number of carbonyl (C=O) groups is 2. The molecular formula is C29H27ClN4O6S. The standard InChI is InChI=1S/C29H27ClN4O6S/c1-39-24-13-9-21(10-14-24)17-31-28(35)29(36)33-32-18-25-15-16-26(40-25)20-34(19-22-7-11-23(30)12-8-22)41(37,38)27-5-3-2-4-6-27/h2-16,18H,17,19-20H2,1H3,(H,31,35)(H,33,36)/b32-18+. The van der Waals surface area contributed by atoms with Gasteiger partial charge in [-0.3, -0.25) is 9.59 Å². The maximum absolute atomic E-state index is 13.4. The maximum Gasteiger partial charge on any atom is 0.329 e. The highest BCUT2D eigenvalue weighted by atomic mass is 35.5. The fraction of sp³-hybridized carbons (Fsp3) is 0.138. The van der Waals surface area contributed by atoms with Crippen LogP contribution in [0.3, 0.4) is 0 Å². The van der Waals surface area contributed by atoms with Crippen molar-refractivity contribution in [2.45, 2.75) is 24.5 Å². The Labute approximate surface area is 242 Å². The number of amides is 2. The van der Waals surface area contributed by atoms with E-state index in [9.17, 15) is 18.0 Å². The van der Waals surface area contributed by atoms with E-state index in [0.717, 1.165) is 11.1 Å². The summed E-state index contributed by atoms with van der Waals surface area (Å²) in [5.74, 6) is -0.530. The number of hydrogen-bond donors (Lipinski definition) is 2. The first-order valence-electron chi connectivity index (χ1n) is 12.4. The summed E-state index contributed by atoms with van der Waals surface area (Å²) in [5.41, 5.74) is 3.68. The number of hydrazone groups is 1. The molecule has 0 atom stereocenters. The van der Waals surface area contributed by atoms with Crippen LogP contribution in [0.25, 0.3) is 0 Å². The fourth-order valence-electron chi connectivity index (χ4n) is 3.69. The number of benzene rings is 3. The lowest BCUT2D eigenvalue weighted by Crippen LogP contribution is -2.37. The number of sulfonamides is 1. The molecule has 4 aromatic rings. The van der Waals surface area contributed by atoms with Crippen molar-refractivity contribution < 1.29 is 27.2 Å². The van der Waals surface area contributed by atoms with Crippen molar-refractivity contribution in [1.29, 1.82) is 0 Å². The summed E-state index contributed by atoms with van der Waals surface area (Å²) >= 11 is 5.98. The topological polar surface area (TPSA) is 130 Å². The van der Waals surface area contributed by atoms with Crippen molar-refractivity contribution in [3.05, 3.63) is 119 Å². The molecule has 0 unspecified atom stereocenters. The minimum atomic E-state index is -3.87. The van der Waals surface area contributed by atoms with Crippen LogP contribution in [0.2, 0.25) is 5.02 Å². The van der Waals surface area contributed by atoms with E-state index in [2.05, 4.69) is 15.8 Å². The van der Waals surface area contributed by atoms with Crippen molar-refractivity contribution in [3.8, 4) is 5.75 Å². The first-order chi connectivity index (χ1) is 19.7. The van der Waals surface area contributed by atoms with Crippen LogP contribution in [0, 0.1) is 0 Å². The van der Waals surface area contributed by atoms with E-state index < -0.39 is 21.8 Å². The monoisotopic (exact) mass is 594 g/mol. The summed E-state index contributed by atoms with van der Waals surface area (Å²) in [6.07, 6.45) is 1.22. The van der Waals surface area contributed by atoms with Gasteiger partial charge >= 0.3 is 11.8 Å². The molecule has 0 aliphatic heterocycles. The molecule has 1 heterocycles. The number of furan rings is 1. The molecule has 3 aromatic carbocycles. The van der Waals surface area contributed by atoms with Crippen molar-refractivity contribution in [2.24, 2.45) is 5.10 Å². The highest BCUT2D eigenvalue weighted by molar-refractivity contribution is 7.89. The summed E-state index contributed by atoms with van der Waals surface area (Å²) in [4.78, 5) is 24.3. The zero-order valence-corrected chi connectivity index (χ0v) is 23.6. The molecule has 0 aliphatic rings. The van der Waals surface area contributed by atoms with Gasteiger partial charge in [-0.15, -0.1) is 0 Å². The van der Waals surface area contributed by atoms with Crippen LogP contribution in [-0.4, -0.2) is 37.9 Å². The molecule has 0 spiro atoms. The largest absolute Gasteiger partial charge is 0.497 e. The van der Waals surface area contributed by atoms with E-state index in [-0.39, 0.29) is 30.3 Å². The Hall–Kier alpha value is -4.45. The normalized spacial score (nSPS) is 11.5. The zero-order chi connectivity index (χ0) is 29.2. The van der Waals surface area contributed by atoms with Crippen molar-refractivity contribution in [3.63, 3.8) is 0 Å². The molecule has 0 saturated carbocycles. The molecule has 0 fully saturated rings. The van der Waals surface area contributed by atoms with Gasteiger partial charge in [-0.05, 0) is 59.7 Å². The molecule has 0 radical (unpaired) electrons. The molecule has 0 saturated heterocycles. The summed E-state index contributed by atoms with van der Waals surface area (Å²) in [6.45, 7) is 0.175. The molecular weight excluding hydrogens is 568 g/mol. The summed E-state index contributed by atoms with van der Waals surface area (Å²) in [5, 5.41) is 6.81. The molecule has 4 rings (SSSR count). The Morgan fingerprint density at radius 1 is 0.902 bits per heavy atom. The third-order valence-corrected chi connectivity index (χ3v) is 7.90. The smallest absolute Gasteiger partial charge is 0.329 e. The van der Waals surface area contributed by atoms with E-state index in [0.29, 0.717) is 16.5 Å². The number of carbonyl (C=O) groups excluding carboxylic acids is 2. The lowest BCUT2D eigenvalue weighted by atomic mass is 10.2. The Bertz CT molecular complexity index is 1610. The van der Waals surface area contributed by atoms with Gasteiger partial charge in [-0.1, -0.05) is 54.1 Å². The molecule has 41 heavy (non-hydrogen) atoms. The van der Waals surface area contributed by atoms with Gasteiger partial charge in [0, 0.05) is 18.1 Å². The minimum Gasteiger partial charge on any atom is -0.497 e. The molecule has 0 aliphatic carbocycles. The summed E-state index contributed by atoms with van der Waals surface area (Å²) in [6, 6.07) is 25.2. The number of methoxy groups -OCH3 is 1. The van der Waals surface area contributed by atoms with Gasteiger partial charge in [0.2, 0.25) is 10.0 Å². The second-order valence-corrected chi connectivity index (χ2v) is 11.1. The number of nitrogens with one attached hydrogen (secondary N) is 2. The molecule has 2 N–H and O–H groups in total. The van der Waals surface area contributed by atoms with E-state index in [1.807, 2.05) is 0 Å². The van der Waals surface area contributed by atoms with E-state index in [4.69, 9.17) is 20.8 Å². The van der Waals surface area contributed by atoms with Crippen LogP contribution in [-0.2, 0) is 39.2 Å². The maximum atomic E-state index is 13.4. The molecule has 1 aromatic heterocycles. The van der Waals surface area contributed by atoms with Crippen molar-refractivity contribution >= 4 is 39.7 Å². The van der Waals surface area contributed by atoms with Gasteiger partial charge in [-0.25, -0.2) is 13.8 Å². The SMILES string of the molecule is COc1ccc(CNC(=O)C(=O)N/N=C/c2ccc(CN(Cc3ccc(Cl)cc3)S(=O)(=O)c3ccccc3)o2)cc1. The van der Waals surface area contributed by atoms with E-state index in [1.165, 1.54) is 22.7 Å². The number of rotatable bonds is 11. The Balaban J connectivity index is 1.37. The Morgan fingerprint density at radius 3 is 2.27 bits per heavy atom. The third kappa shape index (κ3) is 8.27. The molecule has 212 valence electrons. The number of hydrogen-bond acceptors (Lipinski definition) is 7. The summed E-state index contributed by atoms with van der Waals surface area (Å²) < 4.78 is 39.0. The van der Waals surface area contributed by atoms with Crippen LogP contribution in [0.15, 0.2) is 105 Å². The van der Waals surface area contributed by atoms with Gasteiger partial charge in [-0.2, -0.15) is 9.41 Å². The zero-order valence-electron chi connectivity index (χ0n) is 22.0. The second-order valence-electron chi connectivity index (χ2n) is 8.75. The predicted molar refractivity (Wildman–Crippen MR) is 154 cm³/mol. The first kappa shape index (κ1) is 29.5. The molecule has 0 bridgehead atoms. The fourth-order valence-corrected chi connectivity index (χ4v) is 5.24. The highest BCUT2D eigenvalue weighted by Crippen LogP contribution is 2.22. The second kappa shape index (κ2) is 13.8. The van der Waals surface area contributed by atoms with Gasteiger partial charge in [0.25, 0.3) is 0 Å². The highest BCUT2D eigenvalue weighted by Gasteiger charge is 2.26. The van der Waals surface area contributed by atoms with E-state index in [1.54, 1.807) is 86.0 Å². The van der Waals surface area contributed by atoms with Crippen LogP contribution in [0.5, 0.6) is 5.75 Å². The number of ether oxygens (including phenoxy) is 1. The van der Waals surface area contributed by atoms with Crippen LogP contribution in [0.1, 0.15) is 22.6 Å². The van der Waals surface area contributed by atoms with Crippen LogP contribution < -0.4 is 15.5 Å². The number of halogens is 1. The van der Waals surface area contributed by atoms with Crippen molar-refractivity contribution in [1.82, 2.24) is 15.0 Å². The average Bonchev–Trinajstić information content (AvgIpc) is 3.44. The summed E-state index contributed by atoms with van der Waals surface area (Å²) in [7, 11) is -2.31. The average molecular weight is 595 g/mol. The lowest BCUT2D eigenvalue weighted by Gasteiger charge is -2.21. The third-order valence-electron chi connectivity index (χ3n) is 5.84. The van der Waals surface area contributed by atoms with E-state index >= 15 is 0 Å². The van der Waals surface area contributed by atoms with Gasteiger partial charge < -0.3 is 14.5 Å². The minimum absolute atomic E-state index is 0.0617. The quantitative estimate of drug-likeness (QED) is 0.153. The number of nitrogens with zero attached hydrogens (tertiary/aromatic N) is 2.